The first kappa shape index (κ1) is 15.2. The van der Waals surface area contributed by atoms with Crippen LogP contribution in [0.5, 0.6) is 0 Å². The SMILES string of the molecule is CCCCC=CCCOC(=O)C[N+](C)(C)C. The Balaban J connectivity index is 3.45. The summed E-state index contributed by atoms with van der Waals surface area (Å²) in [5, 5.41) is 0. The van der Waals surface area contributed by atoms with Crippen molar-refractivity contribution in [2.75, 3.05) is 34.3 Å². The van der Waals surface area contributed by atoms with E-state index in [4.69, 9.17) is 4.74 Å². The van der Waals surface area contributed by atoms with Crippen molar-refractivity contribution in [3.05, 3.63) is 12.2 Å². The van der Waals surface area contributed by atoms with Crippen LogP contribution >= 0.6 is 0 Å². The molecule has 16 heavy (non-hydrogen) atoms. The zero-order valence-corrected chi connectivity index (χ0v) is 11.2. The molecule has 0 aliphatic rings. The van der Waals surface area contributed by atoms with Crippen LogP contribution in [0.2, 0.25) is 0 Å². The minimum Gasteiger partial charge on any atom is -0.461 e. The van der Waals surface area contributed by atoms with E-state index >= 15 is 0 Å². The van der Waals surface area contributed by atoms with Crippen molar-refractivity contribution in [2.45, 2.75) is 32.6 Å². The number of hydrogen-bond donors (Lipinski definition) is 0. The summed E-state index contributed by atoms with van der Waals surface area (Å²) >= 11 is 0. The van der Waals surface area contributed by atoms with Gasteiger partial charge in [-0.15, -0.1) is 0 Å². The third-order valence-corrected chi connectivity index (χ3v) is 2.04. The molecule has 3 nitrogen and oxygen atoms in total. The predicted molar refractivity (Wildman–Crippen MR) is 67.1 cm³/mol. The van der Waals surface area contributed by atoms with E-state index in [0.717, 1.165) is 12.8 Å². The van der Waals surface area contributed by atoms with Gasteiger partial charge in [0.2, 0.25) is 0 Å². The van der Waals surface area contributed by atoms with Gasteiger partial charge in [0, 0.05) is 0 Å². The summed E-state index contributed by atoms with van der Waals surface area (Å²) in [5.41, 5.74) is 0. The highest BCUT2D eigenvalue weighted by Crippen LogP contribution is 1.97. The molecule has 0 aromatic carbocycles. The molecule has 0 radical (unpaired) electrons. The third kappa shape index (κ3) is 11.2. The Morgan fingerprint density at radius 1 is 1.19 bits per heavy atom. The number of ether oxygens (including phenoxy) is 1. The maximum atomic E-state index is 11.3. The first-order valence-corrected chi connectivity index (χ1v) is 6.07. The van der Waals surface area contributed by atoms with E-state index in [1.165, 1.54) is 12.8 Å². The first-order chi connectivity index (χ1) is 7.45. The van der Waals surface area contributed by atoms with Crippen molar-refractivity contribution >= 4 is 5.97 Å². The molecule has 0 N–H and O–H groups in total. The lowest BCUT2D eigenvalue weighted by molar-refractivity contribution is -0.862. The van der Waals surface area contributed by atoms with Crippen LogP contribution in [0.25, 0.3) is 0 Å². The van der Waals surface area contributed by atoms with Crippen molar-refractivity contribution in [3.63, 3.8) is 0 Å². The molecule has 0 amide bonds. The molecule has 0 aromatic heterocycles. The Labute approximate surface area is 99.7 Å². The Kier molecular flexibility index (Phi) is 7.90. The van der Waals surface area contributed by atoms with Crippen molar-refractivity contribution in [1.29, 1.82) is 0 Å². The summed E-state index contributed by atoms with van der Waals surface area (Å²) in [6.07, 6.45) is 8.67. The lowest BCUT2D eigenvalue weighted by atomic mass is 10.2. The first-order valence-electron chi connectivity index (χ1n) is 6.07. The van der Waals surface area contributed by atoms with E-state index in [1.807, 2.05) is 21.1 Å². The van der Waals surface area contributed by atoms with Gasteiger partial charge in [-0.25, -0.2) is 4.79 Å². The standard InChI is InChI=1S/C13H26NO2/c1-5-6-7-8-9-10-11-16-13(15)12-14(2,3)4/h8-9H,5-7,10-12H2,1-4H3/q+1. The molecular weight excluding hydrogens is 202 g/mol. The molecule has 94 valence electrons. The molecular formula is C13H26NO2+. The van der Waals surface area contributed by atoms with E-state index in [2.05, 4.69) is 19.1 Å². The van der Waals surface area contributed by atoms with E-state index < -0.39 is 0 Å². The van der Waals surface area contributed by atoms with Crippen molar-refractivity contribution in [3.8, 4) is 0 Å². The van der Waals surface area contributed by atoms with Crippen LogP contribution in [0.4, 0.5) is 0 Å². The van der Waals surface area contributed by atoms with Gasteiger partial charge in [0.25, 0.3) is 0 Å². The Hall–Kier alpha value is -0.830. The lowest BCUT2D eigenvalue weighted by Gasteiger charge is -2.22. The van der Waals surface area contributed by atoms with Gasteiger partial charge < -0.3 is 9.22 Å². The van der Waals surface area contributed by atoms with E-state index in [9.17, 15) is 4.79 Å². The van der Waals surface area contributed by atoms with Gasteiger partial charge in [-0.2, -0.15) is 0 Å². The maximum absolute atomic E-state index is 11.3. The van der Waals surface area contributed by atoms with Crippen molar-refractivity contribution in [1.82, 2.24) is 0 Å². The number of allylic oxidation sites excluding steroid dienone is 1. The fourth-order valence-corrected chi connectivity index (χ4v) is 1.23. The van der Waals surface area contributed by atoms with Crippen LogP contribution in [0.15, 0.2) is 12.2 Å². The molecule has 3 heteroatoms. The van der Waals surface area contributed by atoms with Crippen LogP contribution in [-0.4, -0.2) is 44.7 Å². The molecule has 0 aliphatic heterocycles. The summed E-state index contributed by atoms with van der Waals surface area (Å²) < 4.78 is 5.74. The minimum atomic E-state index is -0.116. The largest absolute Gasteiger partial charge is 0.461 e. The second-order valence-electron chi connectivity index (χ2n) is 5.07. The average Bonchev–Trinajstić information content (AvgIpc) is 2.13. The quantitative estimate of drug-likeness (QED) is 0.276. The molecule has 0 saturated heterocycles. The zero-order valence-electron chi connectivity index (χ0n) is 11.2. The van der Waals surface area contributed by atoms with Crippen LogP contribution < -0.4 is 0 Å². The molecule has 0 bridgehead atoms. The van der Waals surface area contributed by atoms with Crippen LogP contribution in [0, 0.1) is 0 Å². The van der Waals surface area contributed by atoms with Gasteiger partial charge in [0.15, 0.2) is 6.54 Å². The summed E-state index contributed by atoms with van der Waals surface area (Å²) in [7, 11) is 5.93. The van der Waals surface area contributed by atoms with Gasteiger partial charge in [-0.05, 0) is 12.8 Å². The number of carbonyl (C=O) groups excluding carboxylic acids is 1. The maximum Gasteiger partial charge on any atom is 0.361 e. The topological polar surface area (TPSA) is 26.3 Å². The highest BCUT2D eigenvalue weighted by molar-refractivity contribution is 5.70. The summed E-state index contributed by atoms with van der Waals surface area (Å²) in [5.74, 6) is -0.116. The lowest BCUT2D eigenvalue weighted by Crippen LogP contribution is -2.40. The highest BCUT2D eigenvalue weighted by atomic mass is 16.5. The second-order valence-corrected chi connectivity index (χ2v) is 5.07. The Morgan fingerprint density at radius 3 is 2.38 bits per heavy atom. The number of hydrogen-bond acceptors (Lipinski definition) is 2. The summed E-state index contributed by atoms with van der Waals surface area (Å²) in [6, 6.07) is 0. The van der Waals surface area contributed by atoms with Crippen LogP contribution in [0.1, 0.15) is 32.6 Å². The minimum absolute atomic E-state index is 0.116. The van der Waals surface area contributed by atoms with Crippen molar-refractivity contribution < 1.29 is 14.0 Å². The van der Waals surface area contributed by atoms with Gasteiger partial charge in [0.05, 0.1) is 27.7 Å². The van der Waals surface area contributed by atoms with Crippen LogP contribution in [-0.2, 0) is 9.53 Å². The molecule has 0 aliphatic carbocycles. The average molecular weight is 228 g/mol. The number of nitrogens with zero attached hydrogens (tertiary/aromatic N) is 1. The third-order valence-electron chi connectivity index (χ3n) is 2.04. The van der Waals surface area contributed by atoms with Gasteiger partial charge in [-0.3, -0.25) is 0 Å². The molecule has 0 rings (SSSR count). The second kappa shape index (κ2) is 8.34. The monoisotopic (exact) mass is 228 g/mol. The summed E-state index contributed by atoms with van der Waals surface area (Å²) in [6.45, 7) is 3.11. The molecule has 0 aromatic rings. The molecule has 0 atom stereocenters. The van der Waals surface area contributed by atoms with Gasteiger partial charge >= 0.3 is 5.97 Å². The van der Waals surface area contributed by atoms with Gasteiger partial charge in [-0.1, -0.05) is 31.9 Å². The summed E-state index contributed by atoms with van der Waals surface area (Å²) in [4.78, 5) is 11.3. The fourth-order valence-electron chi connectivity index (χ4n) is 1.23. The number of esters is 1. The molecule has 0 heterocycles. The predicted octanol–water partition coefficient (Wildman–Crippen LogP) is 2.37. The van der Waals surface area contributed by atoms with E-state index in [-0.39, 0.29) is 5.97 Å². The fraction of sp³-hybridized carbons (Fsp3) is 0.769. The number of carbonyl (C=O) groups is 1. The number of rotatable bonds is 8. The number of unbranched alkanes of at least 4 members (excludes halogenated alkanes) is 2. The number of likely N-dealkylation sites (N-methyl/N-ethyl adjacent to an activating group) is 1. The Bertz CT molecular complexity index is 216. The van der Waals surface area contributed by atoms with Crippen molar-refractivity contribution in [2.24, 2.45) is 0 Å². The molecule has 0 unspecified atom stereocenters. The van der Waals surface area contributed by atoms with E-state index in [1.54, 1.807) is 0 Å². The normalized spacial score (nSPS) is 12.0. The number of quaternary nitrogens is 1. The Morgan fingerprint density at radius 2 is 1.81 bits per heavy atom. The highest BCUT2D eigenvalue weighted by Gasteiger charge is 2.14. The molecule has 0 saturated carbocycles. The smallest absolute Gasteiger partial charge is 0.361 e. The van der Waals surface area contributed by atoms with Gasteiger partial charge in [0.1, 0.15) is 0 Å². The zero-order chi connectivity index (χ0) is 12.4. The van der Waals surface area contributed by atoms with Crippen LogP contribution in [0.3, 0.4) is 0 Å². The molecule has 0 spiro atoms. The molecule has 0 fully saturated rings. The van der Waals surface area contributed by atoms with E-state index in [0.29, 0.717) is 17.6 Å².